The summed E-state index contributed by atoms with van der Waals surface area (Å²) in [5.41, 5.74) is 4.48. The third-order valence-corrected chi connectivity index (χ3v) is 3.92. The molecule has 0 N–H and O–H groups in total. The zero-order chi connectivity index (χ0) is 12.6. The van der Waals surface area contributed by atoms with Gasteiger partial charge < -0.3 is 0 Å². The molecule has 1 heterocycles. The third kappa shape index (κ3) is 1.87. The molecule has 4 heteroatoms. The van der Waals surface area contributed by atoms with Crippen molar-refractivity contribution in [3.63, 3.8) is 0 Å². The fraction of sp³-hybridized carbons (Fsp3) is 0.231. The van der Waals surface area contributed by atoms with Gasteiger partial charge in [0, 0.05) is 0 Å². The van der Waals surface area contributed by atoms with Crippen molar-refractivity contribution in [2.24, 2.45) is 0 Å². The van der Waals surface area contributed by atoms with Gasteiger partial charge in [0.1, 0.15) is 6.07 Å². The van der Waals surface area contributed by atoms with Crippen molar-refractivity contribution in [2.75, 3.05) is 0 Å². The summed E-state index contributed by atoms with van der Waals surface area (Å²) in [6.07, 6.45) is 0. The van der Waals surface area contributed by atoms with Gasteiger partial charge in [-0.15, -0.1) is 0 Å². The molecule has 2 aromatic rings. The molecule has 0 aliphatic rings. The van der Waals surface area contributed by atoms with Crippen molar-refractivity contribution >= 4 is 15.9 Å². The van der Waals surface area contributed by atoms with Gasteiger partial charge in [-0.2, -0.15) is 10.4 Å². The summed E-state index contributed by atoms with van der Waals surface area (Å²) in [4.78, 5) is 0. The fourth-order valence-corrected chi connectivity index (χ4v) is 2.12. The van der Waals surface area contributed by atoms with Crippen molar-refractivity contribution < 1.29 is 0 Å². The zero-order valence-corrected chi connectivity index (χ0v) is 11.5. The Kier molecular flexibility index (Phi) is 3.03. The molecule has 17 heavy (non-hydrogen) atoms. The normalized spacial score (nSPS) is 10.3. The van der Waals surface area contributed by atoms with Crippen molar-refractivity contribution in [1.29, 1.82) is 5.26 Å². The maximum Gasteiger partial charge on any atom is 0.101 e. The molecule has 0 spiro atoms. The summed E-state index contributed by atoms with van der Waals surface area (Å²) < 4.78 is 2.82. The quantitative estimate of drug-likeness (QED) is 0.807. The van der Waals surface area contributed by atoms with Crippen LogP contribution in [-0.4, -0.2) is 9.78 Å². The first-order chi connectivity index (χ1) is 8.06. The summed E-state index contributed by atoms with van der Waals surface area (Å²) >= 11 is 3.50. The number of rotatable bonds is 1. The van der Waals surface area contributed by atoms with Crippen LogP contribution >= 0.6 is 15.9 Å². The van der Waals surface area contributed by atoms with E-state index in [9.17, 15) is 0 Å². The lowest BCUT2D eigenvalue weighted by Gasteiger charge is -2.09. The average molecular weight is 290 g/mol. The van der Waals surface area contributed by atoms with Gasteiger partial charge >= 0.3 is 0 Å². The highest BCUT2D eigenvalue weighted by atomic mass is 79.9. The Labute approximate surface area is 109 Å². The molecule has 86 valence electrons. The predicted octanol–water partition coefficient (Wildman–Crippen LogP) is 3.43. The van der Waals surface area contributed by atoms with Gasteiger partial charge in [-0.05, 0) is 48.3 Å². The van der Waals surface area contributed by atoms with E-state index in [-0.39, 0.29) is 0 Å². The number of halogens is 1. The minimum Gasteiger partial charge on any atom is -0.235 e. The van der Waals surface area contributed by atoms with E-state index in [2.05, 4.69) is 27.1 Å². The maximum absolute atomic E-state index is 9.17. The van der Waals surface area contributed by atoms with E-state index in [4.69, 9.17) is 5.26 Å². The smallest absolute Gasteiger partial charge is 0.101 e. The van der Waals surface area contributed by atoms with Crippen LogP contribution in [0.25, 0.3) is 5.69 Å². The highest BCUT2D eigenvalue weighted by Crippen LogP contribution is 2.26. The number of hydrogen-bond donors (Lipinski definition) is 0. The molecule has 1 aromatic heterocycles. The van der Waals surface area contributed by atoms with Crippen LogP contribution in [0.4, 0.5) is 0 Å². The largest absolute Gasteiger partial charge is 0.235 e. The van der Waals surface area contributed by atoms with Crippen LogP contribution in [-0.2, 0) is 0 Å². The molecule has 2 rings (SSSR count). The van der Waals surface area contributed by atoms with Crippen molar-refractivity contribution in [3.05, 3.63) is 45.2 Å². The van der Waals surface area contributed by atoms with Gasteiger partial charge in [0.15, 0.2) is 0 Å². The van der Waals surface area contributed by atoms with E-state index in [1.54, 1.807) is 0 Å². The zero-order valence-electron chi connectivity index (χ0n) is 9.95. The number of aryl methyl sites for hydroxylation is 2. The molecule has 0 radical (unpaired) electrons. The van der Waals surface area contributed by atoms with Crippen LogP contribution in [0.15, 0.2) is 22.7 Å². The second kappa shape index (κ2) is 4.34. The summed E-state index contributed by atoms with van der Waals surface area (Å²) in [5, 5.41) is 13.6. The van der Waals surface area contributed by atoms with E-state index < -0.39 is 0 Å². The molecule has 0 saturated heterocycles. The van der Waals surface area contributed by atoms with Gasteiger partial charge in [-0.25, -0.2) is 4.68 Å². The van der Waals surface area contributed by atoms with E-state index in [0.717, 1.165) is 27.1 Å². The number of aromatic nitrogens is 2. The van der Waals surface area contributed by atoms with Crippen LogP contribution in [0, 0.1) is 32.1 Å². The summed E-state index contributed by atoms with van der Waals surface area (Å²) in [7, 11) is 0. The Morgan fingerprint density at radius 1 is 1.29 bits per heavy atom. The molecule has 0 fully saturated rings. The molecule has 0 unspecified atom stereocenters. The predicted molar refractivity (Wildman–Crippen MR) is 70.2 cm³/mol. The molecule has 0 saturated carbocycles. The third-order valence-electron chi connectivity index (χ3n) is 2.77. The van der Waals surface area contributed by atoms with Gasteiger partial charge in [0.2, 0.25) is 0 Å². The van der Waals surface area contributed by atoms with E-state index >= 15 is 0 Å². The molecule has 0 atom stereocenters. The number of hydrogen-bond acceptors (Lipinski definition) is 2. The highest BCUT2D eigenvalue weighted by Gasteiger charge is 2.14. The number of para-hydroxylation sites is 1. The molecular weight excluding hydrogens is 278 g/mol. The molecule has 0 aliphatic carbocycles. The first-order valence-corrected chi connectivity index (χ1v) is 6.07. The number of benzene rings is 1. The Morgan fingerprint density at radius 2 is 2.00 bits per heavy atom. The SMILES string of the molecule is Cc1cccc(C#N)c1-n1nc(C)c(Br)c1C. The van der Waals surface area contributed by atoms with Crippen molar-refractivity contribution in [3.8, 4) is 11.8 Å². The fourth-order valence-electron chi connectivity index (χ4n) is 1.87. The Hall–Kier alpha value is -1.60. The maximum atomic E-state index is 9.17. The van der Waals surface area contributed by atoms with Crippen LogP contribution < -0.4 is 0 Å². The van der Waals surface area contributed by atoms with Crippen LogP contribution in [0.1, 0.15) is 22.5 Å². The minimum absolute atomic E-state index is 0.642. The van der Waals surface area contributed by atoms with Crippen LogP contribution in [0.5, 0.6) is 0 Å². The Balaban J connectivity index is 2.77. The Bertz CT molecular complexity index is 620. The second-order valence-electron chi connectivity index (χ2n) is 3.98. The number of nitriles is 1. The average Bonchev–Trinajstić information content (AvgIpc) is 2.56. The van der Waals surface area contributed by atoms with Gasteiger partial charge in [-0.1, -0.05) is 12.1 Å². The number of nitrogens with zero attached hydrogens (tertiary/aromatic N) is 3. The monoisotopic (exact) mass is 289 g/mol. The van der Waals surface area contributed by atoms with E-state index in [1.165, 1.54) is 0 Å². The van der Waals surface area contributed by atoms with Crippen LogP contribution in [0.3, 0.4) is 0 Å². The molecule has 3 nitrogen and oxygen atoms in total. The first kappa shape index (κ1) is 11.9. The molecule has 1 aromatic carbocycles. The van der Waals surface area contributed by atoms with Crippen molar-refractivity contribution in [1.82, 2.24) is 9.78 Å². The lowest BCUT2D eigenvalue weighted by Crippen LogP contribution is -2.04. The molecule has 0 bridgehead atoms. The second-order valence-corrected chi connectivity index (χ2v) is 4.77. The van der Waals surface area contributed by atoms with Crippen molar-refractivity contribution in [2.45, 2.75) is 20.8 Å². The van der Waals surface area contributed by atoms with Gasteiger partial charge in [0.05, 0.1) is 27.1 Å². The van der Waals surface area contributed by atoms with Gasteiger partial charge in [-0.3, -0.25) is 0 Å². The van der Waals surface area contributed by atoms with E-state index in [1.807, 2.05) is 43.7 Å². The molecule has 0 amide bonds. The first-order valence-electron chi connectivity index (χ1n) is 5.28. The lowest BCUT2D eigenvalue weighted by atomic mass is 10.1. The molecular formula is C13H12BrN3. The van der Waals surface area contributed by atoms with Crippen LogP contribution in [0.2, 0.25) is 0 Å². The summed E-state index contributed by atoms with van der Waals surface area (Å²) in [5.74, 6) is 0. The standard InChI is InChI=1S/C13H12BrN3/c1-8-5-4-6-11(7-15)13(8)17-10(3)12(14)9(2)16-17/h4-6H,1-3H3. The Morgan fingerprint density at radius 3 is 2.53 bits per heavy atom. The topological polar surface area (TPSA) is 41.6 Å². The summed E-state index contributed by atoms with van der Waals surface area (Å²) in [6.45, 7) is 5.91. The minimum atomic E-state index is 0.642. The van der Waals surface area contributed by atoms with E-state index in [0.29, 0.717) is 5.56 Å². The highest BCUT2D eigenvalue weighted by molar-refractivity contribution is 9.10. The summed E-state index contributed by atoms with van der Waals surface area (Å²) in [6, 6.07) is 7.90. The lowest BCUT2D eigenvalue weighted by molar-refractivity contribution is 0.824. The van der Waals surface area contributed by atoms with Gasteiger partial charge in [0.25, 0.3) is 0 Å². The molecule has 0 aliphatic heterocycles.